The Kier molecular flexibility index (Phi) is 3.89. The second kappa shape index (κ2) is 6.09. The van der Waals surface area contributed by atoms with E-state index in [-0.39, 0.29) is 24.2 Å². The van der Waals surface area contributed by atoms with E-state index in [0.717, 1.165) is 11.8 Å². The van der Waals surface area contributed by atoms with Crippen molar-refractivity contribution in [1.29, 1.82) is 0 Å². The van der Waals surface area contributed by atoms with Crippen LogP contribution in [0, 0.1) is 5.82 Å². The summed E-state index contributed by atoms with van der Waals surface area (Å²) in [4.78, 5) is 26.9. The topological polar surface area (TPSA) is 49.4 Å². The summed E-state index contributed by atoms with van der Waals surface area (Å²) in [5.41, 5.74) is 2.04. The van der Waals surface area contributed by atoms with Gasteiger partial charge in [0.15, 0.2) is 0 Å². The number of para-hydroxylation sites is 1. The largest absolute Gasteiger partial charge is 0.307 e. The monoisotopic (exact) mass is 370 g/mol. The number of nitrogens with one attached hydrogen (secondary N) is 1. The number of hydrogen-bond donors (Lipinski definition) is 1. The van der Waals surface area contributed by atoms with Gasteiger partial charge in [-0.15, -0.1) is 0 Å². The SMILES string of the molecule is O=C1NC(=S)SC1=C1C(=O)N(Cc2ccccc2F)c2ccccc21. The highest BCUT2D eigenvalue weighted by molar-refractivity contribution is 8.27. The lowest BCUT2D eigenvalue weighted by Gasteiger charge is -2.17. The minimum atomic E-state index is -0.374. The molecule has 1 N–H and O–H groups in total. The van der Waals surface area contributed by atoms with Gasteiger partial charge in [0.2, 0.25) is 0 Å². The molecule has 2 aliphatic rings. The number of fused-ring (bicyclic) bond motifs is 1. The number of carbonyl (C=O) groups is 2. The molecule has 124 valence electrons. The van der Waals surface area contributed by atoms with E-state index in [9.17, 15) is 14.0 Å². The number of benzene rings is 2. The molecule has 0 saturated carbocycles. The molecular weight excluding hydrogens is 359 g/mol. The molecule has 25 heavy (non-hydrogen) atoms. The summed E-state index contributed by atoms with van der Waals surface area (Å²) in [5, 5.41) is 2.54. The number of rotatable bonds is 2. The number of nitrogens with zero attached hydrogens (tertiary/aromatic N) is 1. The predicted molar refractivity (Wildman–Crippen MR) is 99.3 cm³/mol. The Morgan fingerprint density at radius 2 is 1.80 bits per heavy atom. The van der Waals surface area contributed by atoms with Gasteiger partial charge in [0.1, 0.15) is 10.1 Å². The van der Waals surface area contributed by atoms with E-state index in [4.69, 9.17) is 12.2 Å². The molecule has 0 aromatic heterocycles. The molecule has 0 spiro atoms. The van der Waals surface area contributed by atoms with Crippen molar-refractivity contribution in [2.45, 2.75) is 6.54 Å². The Morgan fingerprint density at radius 3 is 2.52 bits per heavy atom. The number of thiocarbonyl (C=S) groups is 1. The smallest absolute Gasteiger partial charge is 0.264 e. The van der Waals surface area contributed by atoms with Crippen molar-refractivity contribution >= 4 is 51.4 Å². The number of halogens is 1. The van der Waals surface area contributed by atoms with E-state index in [0.29, 0.717) is 31.6 Å². The Morgan fingerprint density at radius 1 is 1.08 bits per heavy atom. The summed E-state index contributed by atoms with van der Waals surface area (Å²) in [6.45, 7) is 0.0933. The molecule has 1 saturated heterocycles. The zero-order valence-electron chi connectivity index (χ0n) is 12.8. The zero-order valence-corrected chi connectivity index (χ0v) is 14.4. The third kappa shape index (κ3) is 2.65. The van der Waals surface area contributed by atoms with Crippen LogP contribution in [-0.4, -0.2) is 16.1 Å². The van der Waals surface area contributed by atoms with Crippen molar-refractivity contribution in [3.63, 3.8) is 0 Å². The van der Waals surface area contributed by atoms with Gasteiger partial charge >= 0.3 is 0 Å². The van der Waals surface area contributed by atoms with E-state index < -0.39 is 0 Å². The minimum absolute atomic E-state index is 0.0933. The Bertz CT molecular complexity index is 971. The maximum Gasteiger partial charge on any atom is 0.264 e. The highest BCUT2D eigenvalue weighted by atomic mass is 32.2. The molecule has 1 fully saturated rings. The van der Waals surface area contributed by atoms with Gasteiger partial charge < -0.3 is 10.2 Å². The van der Waals surface area contributed by atoms with Gasteiger partial charge in [0, 0.05) is 11.1 Å². The maximum absolute atomic E-state index is 14.0. The molecule has 4 rings (SSSR count). The van der Waals surface area contributed by atoms with Crippen LogP contribution in [0.1, 0.15) is 11.1 Å². The summed E-state index contributed by atoms with van der Waals surface area (Å²) in [6, 6.07) is 13.5. The molecule has 2 aromatic carbocycles. The molecule has 0 aliphatic carbocycles. The maximum atomic E-state index is 14.0. The number of carbonyl (C=O) groups excluding carboxylic acids is 2. The van der Waals surface area contributed by atoms with E-state index in [1.807, 2.05) is 0 Å². The molecule has 4 nitrogen and oxygen atoms in total. The number of anilines is 1. The molecule has 0 atom stereocenters. The molecule has 0 unspecified atom stereocenters. The summed E-state index contributed by atoms with van der Waals surface area (Å²) in [7, 11) is 0. The summed E-state index contributed by atoms with van der Waals surface area (Å²) < 4.78 is 14.3. The lowest BCUT2D eigenvalue weighted by Crippen LogP contribution is -2.27. The van der Waals surface area contributed by atoms with Gasteiger partial charge in [-0.25, -0.2) is 4.39 Å². The number of hydrogen-bond acceptors (Lipinski definition) is 4. The second-order valence-electron chi connectivity index (χ2n) is 5.55. The zero-order chi connectivity index (χ0) is 17.6. The third-order valence-corrected chi connectivity index (χ3v) is 5.29. The van der Waals surface area contributed by atoms with Gasteiger partial charge in [-0.05, 0) is 12.1 Å². The van der Waals surface area contributed by atoms with Gasteiger partial charge in [-0.1, -0.05) is 60.4 Å². The van der Waals surface area contributed by atoms with Crippen molar-refractivity contribution < 1.29 is 14.0 Å². The van der Waals surface area contributed by atoms with Crippen molar-refractivity contribution in [2.24, 2.45) is 0 Å². The van der Waals surface area contributed by atoms with Crippen LogP contribution in [0.4, 0.5) is 10.1 Å². The highest BCUT2D eigenvalue weighted by Crippen LogP contribution is 2.43. The fourth-order valence-electron chi connectivity index (χ4n) is 2.93. The molecule has 2 amide bonds. The van der Waals surface area contributed by atoms with E-state index in [2.05, 4.69) is 5.32 Å². The van der Waals surface area contributed by atoms with Crippen LogP contribution in [0.3, 0.4) is 0 Å². The van der Waals surface area contributed by atoms with E-state index in [1.165, 1.54) is 11.0 Å². The summed E-state index contributed by atoms with van der Waals surface area (Å²) in [5.74, 6) is -1.07. The minimum Gasteiger partial charge on any atom is -0.307 e. The average molecular weight is 370 g/mol. The molecule has 0 radical (unpaired) electrons. The summed E-state index contributed by atoms with van der Waals surface area (Å²) in [6.07, 6.45) is 0. The standard InChI is InChI=1S/C18H11FN2O2S2/c19-12-7-3-1-5-10(12)9-21-13-8-4-2-6-11(13)14(17(21)23)15-16(22)20-18(24)25-15/h1-8H,9H2,(H,20,22,24). The molecule has 2 heterocycles. The quantitative estimate of drug-likeness (QED) is 0.651. The molecule has 2 aliphatic heterocycles. The van der Waals surface area contributed by atoms with Gasteiger partial charge in [0.05, 0.1) is 22.7 Å². The van der Waals surface area contributed by atoms with Gasteiger partial charge in [0.25, 0.3) is 11.8 Å². The first-order valence-electron chi connectivity index (χ1n) is 7.48. The first-order valence-corrected chi connectivity index (χ1v) is 8.71. The van der Waals surface area contributed by atoms with Crippen molar-refractivity contribution in [2.75, 3.05) is 4.90 Å². The molecule has 2 aromatic rings. The highest BCUT2D eigenvalue weighted by Gasteiger charge is 2.39. The Hall–Kier alpha value is -2.51. The van der Waals surface area contributed by atoms with Crippen molar-refractivity contribution in [1.82, 2.24) is 5.32 Å². The van der Waals surface area contributed by atoms with Crippen LogP contribution in [0.15, 0.2) is 53.4 Å². The lowest BCUT2D eigenvalue weighted by atomic mass is 10.1. The predicted octanol–water partition coefficient (Wildman–Crippen LogP) is 3.23. The lowest BCUT2D eigenvalue weighted by molar-refractivity contribution is -0.116. The van der Waals surface area contributed by atoms with E-state index >= 15 is 0 Å². The normalized spacial score (nSPS) is 19.4. The van der Waals surface area contributed by atoms with Crippen LogP contribution >= 0.6 is 24.0 Å². The van der Waals surface area contributed by atoms with Crippen molar-refractivity contribution in [3.8, 4) is 0 Å². The third-order valence-electron chi connectivity index (χ3n) is 4.05. The van der Waals surface area contributed by atoms with Crippen LogP contribution < -0.4 is 10.2 Å². The van der Waals surface area contributed by atoms with Crippen LogP contribution in [0.5, 0.6) is 0 Å². The van der Waals surface area contributed by atoms with E-state index in [1.54, 1.807) is 42.5 Å². The van der Waals surface area contributed by atoms with Crippen LogP contribution in [0.25, 0.3) is 5.57 Å². The van der Waals surface area contributed by atoms with Crippen LogP contribution in [-0.2, 0) is 16.1 Å². The Balaban J connectivity index is 1.82. The molecule has 7 heteroatoms. The first-order chi connectivity index (χ1) is 12.1. The van der Waals surface area contributed by atoms with Crippen molar-refractivity contribution in [3.05, 3.63) is 70.4 Å². The number of amides is 2. The average Bonchev–Trinajstić information content (AvgIpc) is 3.06. The van der Waals surface area contributed by atoms with Gasteiger partial charge in [-0.2, -0.15) is 0 Å². The van der Waals surface area contributed by atoms with Crippen LogP contribution in [0.2, 0.25) is 0 Å². The first kappa shape index (κ1) is 16.0. The summed E-state index contributed by atoms with van der Waals surface area (Å²) >= 11 is 6.10. The fourth-order valence-corrected chi connectivity index (χ4v) is 4.05. The van der Waals surface area contributed by atoms with Gasteiger partial charge in [-0.3, -0.25) is 9.59 Å². The molecule has 0 bridgehead atoms. The molecular formula is C18H11FN2O2S2. The Labute approximate surface area is 152 Å². The second-order valence-corrected chi connectivity index (χ2v) is 7.23. The fraction of sp³-hybridized carbons (Fsp3) is 0.0556. The number of thioether (sulfide) groups is 1.